The van der Waals surface area contributed by atoms with E-state index in [0.717, 1.165) is 16.2 Å². The molecule has 0 saturated carbocycles. The maximum absolute atomic E-state index is 11.4. The number of hydrogen-bond donors (Lipinski definition) is 1. The number of benzene rings is 1. The summed E-state index contributed by atoms with van der Waals surface area (Å²) in [6, 6.07) is 10.9. The lowest BCUT2D eigenvalue weighted by Crippen LogP contribution is -2.13. The highest BCUT2D eigenvalue weighted by Crippen LogP contribution is 2.31. The normalized spacial score (nSPS) is 12.1. The van der Waals surface area contributed by atoms with Gasteiger partial charge >= 0.3 is 5.97 Å². The van der Waals surface area contributed by atoms with Crippen molar-refractivity contribution >= 4 is 28.9 Å². The number of aliphatic carboxylic acids is 1. The van der Waals surface area contributed by atoms with E-state index in [1.807, 2.05) is 24.3 Å². The minimum atomic E-state index is -0.839. The summed E-state index contributed by atoms with van der Waals surface area (Å²) < 4.78 is 5.69. The number of carboxylic acid groups (broad SMARTS) is 1. The SMILES string of the molecule is COc1ccc(CC(C(=O)O)c2ccc(Cl)s2)cc1. The first-order valence-corrected chi connectivity index (χ1v) is 6.90. The van der Waals surface area contributed by atoms with Crippen molar-refractivity contribution in [1.29, 1.82) is 0 Å². The van der Waals surface area contributed by atoms with E-state index in [1.54, 1.807) is 19.2 Å². The molecule has 100 valence electrons. The van der Waals surface area contributed by atoms with Crippen molar-refractivity contribution in [2.75, 3.05) is 7.11 Å². The molecule has 0 spiro atoms. The molecule has 0 amide bonds. The zero-order chi connectivity index (χ0) is 13.8. The monoisotopic (exact) mass is 296 g/mol. The molecule has 1 heterocycles. The average Bonchev–Trinajstić information content (AvgIpc) is 2.82. The van der Waals surface area contributed by atoms with Crippen molar-refractivity contribution in [3.63, 3.8) is 0 Å². The molecule has 0 radical (unpaired) electrons. The maximum atomic E-state index is 11.4. The molecule has 0 fully saturated rings. The zero-order valence-corrected chi connectivity index (χ0v) is 11.9. The third kappa shape index (κ3) is 3.49. The summed E-state index contributed by atoms with van der Waals surface area (Å²) in [5.41, 5.74) is 0.956. The summed E-state index contributed by atoms with van der Waals surface area (Å²) in [5, 5.41) is 9.34. The highest BCUT2D eigenvalue weighted by molar-refractivity contribution is 7.16. The van der Waals surface area contributed by atoms with E-state index in [9.17, 15) is 9.90 Å². The summed E-state index contributed by atoms with van der Waals surface area (Å²) in [5.74, 6) is -0.643. The van der Waals surface area contributed by atoms with Crippen LogP contribution in [0.1, 0.15) is 16.4 Å². The lowest BCUT2D eigenvalue weighted by atomic mass is 9.98. The molecule has 3 nitrogen and oxygen atoms in total. The molecule has 19 heavy (non-hydrogen) atoms. The number of ether oxygens (including phenoxy) is 1. The van der Waals surface area contributed by atoms with Crippen LogP contribution in [0.4, 0.5) is 0 Å². The van der Waals surface area contributed by atoms with Crippen molar-refractivity contribution in [3.8, 4) is 5.75 Å². The number of methoxy groups -OCH3 is 1. The van der Waals surface area contributed by atoms with Crippen LogP contribution in [-0.4, -0.2) is 18.2 Å². The summed E-state index contributed by atoms with van der Waals surface area (Å²) >= 11 is 7.17. The van der Waals surface area contributed by atoms with Crippen molar-refractivity contribution in [2.45, 2.75) is 12.3 Å². The summed E-state index contributed by atoms with van der Waals surface area (Å²) in [4.78, 5) is 12.1. The second kappa shape index (κ2) is 6.08. The lowest BCUT2D eigenvalue weighted by molar-refractivity contribution is -0.138. The van der Waals surface area contributed by atoms with Crippen LogP contribution in [0.3, 0.4) is 0 Å². The maximum Gasteiger partial charge on any atom is 0.312 e. The first-order chi connectivity index (χ1) is 9.10. The van der Waals surface area contributed by atoms with Crippen LogP contribution < -0.4 is 4.74 Å². The van der Waals surface area contributed by atoms with Crippen molar-refractivity contribution < 1.29 is 14.6 Å². The fraction of sp³-hybridized carbons (Fsp3) is 0.214. The first-order valence-electron chi connectivity index (χ1n) is 5.71. The Morgan fingerprint density at radius 3 is 2.47 bits per heavy atom. The van der Waals surface area contributed by atoms with Gasteiger partial charge in [-0.2, -0.15) is 0 Å². The summed E-state index contributed by atoms with van der Waals surface area (Å²) in [6.07, 6.45) is 0.441. The number of rotatable bonds is 5. The van der Waals surface area contributed by atoms with Gasteiger partial charge in [-0.1, -0.05) is 23.7 Å². The summed E-state index contributed by atoms with van der Waals surface area (Å²) in [7, 11) is 1.60. The number of carbonyl (C=O) groups is 1. The van der Waals surface area contributed by atoms with Gasteiger partial charge in [-0.3, -0.25) is 4.79 Å². The molecule has 2 rings (SSSR count). The molecule has 1 unspecified atom stereocenters. The van der Waals surface area contributed by atoms with E-state index in [0.29, 0.717) is 10.8 Å². The zero-order valence-electron chi connectivity index (χ0n) is 10.3. The van der Waals surface area contributed by atoms with E-state index in [4.69, 9.17) is 16.3 Å². The molecule has 1 aromatic heterocycles. The Bertz CT molecular complexity index is 562. The molecule has 2 aromatic rings. The van der Waals surface area contributed by atoms with Gasteiger partial charge in [-0.05, 0) is 36.2 Å². The van der Waals surface area contributed by atoms with E-state index < -0.39 is 11.9 Å². The largest absolute Gasteiger partial charge is 0.497 e. The van der Waals surface area contributed by atoms with Gasteiger partial charge in [0, 0.05) is 4.88 Å². The van der Waals surface area contributed by atoms with Crippen LogP contribution >= 0.6 is 22.9 Å². The second-order valence-electron chi connectivity index (χ2n) is 4.08. The predicted molar refractivity (Wildman–Crippen MR) is 76.4 cm³/mol. The Morgan fingerprint density at radius 2 is 2.00 bits per heavy atom. The Balaban J connectivity index is 2.18. The van der Waals surface area contributed by atoms with Gasteiger partial charge in [-0.15, -0.1) is 11.3 Å². The average molecular weight is 297 g/mol. The number of carboxylic acids is 1. The van der Waals surface area contributed by atoms with Gasteiger partial charge in [0.05, 0.1) is 17.4 Å². The highest BCUT2D eigenvalue weighted by atomic mass is 35.5. The molecule has 0 bridgehead atoms. The van der Waals surface area contributed by atoms with Crippen LogP contribution in [0, 0.1) is 0 Å². The van der Waals surface area contributed by atoms with E-state index in [2.05, 4.69) is 0 Å². The van der Waals surface area contributed by atoms with Crippen LogP contribution in [0.15, 0.2) is 36.4 Å². The molecule has 0 saturated heterocycles. The van der Waals surface area contributed by atoms with E-state index in [1.165, 1.54) is 11.3 Å². The molecule has 0 aliphatic carbocycles. The quantitative estimate of drug-likeness (QED) is 0.912. The van der Waals surface area contributed by atoms with Gasteiger partial charge in [0.2, 0.25) is 0 Å². The lowest BCUT2D eigenvalue weighted by Gasteiger charge is -2.11. The third-order valence-corrected chi connectivity index (χ3v) is 4.18. The second-order valence-corrected chi connectivity index (χ2v) is 5.83. The standard InChI is InChI=1S/C14H13ClO3S/c1-18-10-4-2-9(3-5-10)8-11(14(16)17)12-6-7-13(15)19-12/h2-7,11H,8H2,1H3,(H,16,17). The minimum Gasteiger partial charge on any atom is -0.497 e. The molecular formula is C14H13ClO3S. The minimum absolute atomic E-state index is 0.441. The molecule has 1 aromatic carbocycles. The van der Waals surface area contributed by atoms with Crippen LogP contribution in [0.5, 0.6) is 5.75 Å². The smallest absolute Gasteiger partial charge is 0.312 e. The van der Waals surface area contributed by atoms with Crippen LogP contribution in [0.25, 0.3) is 0 Å². The van der Waals surface area contributed by atoms with Crippen molar-refractivity contribution in [2.24, 2.45) is 0 Å². The molecule has 5 heteroatoms. The molecule has 1 atom stereocenters. The van der Waals surface area contributed by atoms with Crippen molar-refractivity contribution in [3.05, 3.63) is 51.2 Å². The molecule has 1 N–H and O–H groups in total. The van der Waals surface area contributed by atoms with Gasteiger partial charge in [0.25, 0.3) is 0 Å². The van der Waals surface area contributed by atoms with E-state index in [-0.39, 0.29) is 0 Å². The molecular weight excluding hydrogens is 284 g/mol. The highest BCUT2D eigenvalue weighted by Gasteiger charge is 2.22. The number of halogens is 1. The van der Waals surface area contributed by atoms with Gasteiger partial charge in [0.15, 0.2) is 0 Å². The Kier molecular flexibility index (Phi) is 4.45. The summed E-state index contributed by atoms with van der Waals surface area (Å²) in [6.45, 7) is 0. The van der Waals surface area contributed by atoms with Gasteiger partial charge in [-0.25, -0.2) is 0 Å². The fourth-order valence-corrected chi connectivity index (χ4v) is 2.98. The predicted octanol–water partition coefficient (Wildman–Crippen LogP) is 3.82. The van der Waals surface area contributed by atoms with Crippen molar-refractivity contribution in [1.82, 2.24) is 0 Å². The Hall–Kier alpha value is -1.52. The topological polar surface area (TPSA) is 46.5 Å². The Labute approximate surface area is 120 Å². The van der Waals surface area contributed by atoms with Crippen LogP contribution in [0.2, 0.25) is 4.34 Å². The molecule has 0 aliphatic heterocycles. The Morgan fingerprint density at radius 1 is 1.32 bits per heavy atom. The number of thiophene rings is 1. The third-order valence-electron chi connectivity index (χ3n) is 2.83. The van der Waals surface area contributed by atoms with Gasteiger partial charge in [0.1, 0.15) is 5.75 Å². The molecule has 0 aliphatic rings. The van der Waals surface area contributed by atoms with Gasteiger partial charge < -0.3 is 9.84 Å². The first kappa shape index (κ1) is 13.9. The fourth-order valence-electron chi connectivity index (χ4n) is 1.82. The van der Waals surface area contributed by atoms with Crippen LogP contribution in [-0.2, 0) is 11.2 Å². The van der Waals surface area contributed by atoms with E-state index >= 15 is 0 Å². The number of hydrogen-bond acceptors (Lipinski definition) is 3.